The van der Waals surface area contributed by atoms with E-state index in [1.165, 1.54) is 0 Å². The molecule has 1 nitrogen and oxygen atoms in total. The number of hydrogen-bond donors (Lipinski definition) is 1. The predicted molar refractivity (Wildman–Crippen MR) is 60.1 cm³/mol. The highest BCUT2D eigenvalue weighted by molar-refractivity contribution is 6.31. The fraction of sp³-hybridized carbons (Fsp3) is 0. The highest BCUT2D eigenvalue weighted by atomic mass is 35.5. The molecule has 0 fully saturated rings. The molecule has 0 atom stereocenters. The second-order valence-corrected chi connectivity index (χ2v) is 3.44. The summed E-state index contributed by atoms with van der Waals surface area (Å²) in [6.07, 6.45) is 0. The second kappa shape index (κ2) is 3.72. The molecule has 2 aromatic rings. The van der Waals surface area contributed by atoms with Gasteiger partial charge >= 0.3 is 0 Å². The summed E-state index contributed by atoms with van der Waals surface area (Å²) >= 11 is 5.90. The Hall–Kier alpha value is -1.47. The lowest BCUT2D eigenvalue weighted by Gasteiger charge is -2.05. The standard InChI is InChI=1S/C12H9ClN/c13-10-6-7-12(14)11(8-10)9-4-2-1-3-5-9/h1-4,6-8H,14H2. The molecule has 0 heterocycles. The highest BCUT2D eigenvalue weighted by Crippen LogP contribution is 2.27. The van der Waals surface area contributed by atoms with Gasteiger partial charge in [0.25, 0.3) is 0 Å². The van der Waals surface area contributed by atoms with E-state index < -0.39 is 0 Å². The van der Waals surface area contributed by atoms with Crippen LogP contribution < -0.4 is 5.73 Å². The minimum absolute atomic E-state index is 0.687. The van der Waals surface area contributed by atoms with Crippen molar-refractivity contribution in [2.45, 2.75) is 0 Å². The minimum Gasteiger partial charge on any atom is -0.398 e. The molecule has 0 saturated heterocycles. The molecule has 14 heavy (non-hydrogen) atoms. The number of hydrogen-bond acceptors (Lipinski definition) is 1. The Balaban J connectivity index is 2.57. The molecule has 2 aromatic carbocycles. The number of anilines is 1. The summed E-state index contributed by atoms with van der Waals surface area (Å²) in [7, 11) is 0. The summed E-state index contributed by atoms with van der Waals surface area (Å²) in [5.74, 6) is 0. The predicted octanol–water partition coefficient (Wildman–Crippen LogP) is 3.39. The third-order valence-corrected chi connectivity index (χ3v) is 2.25. The SMILES string of the molecule is Nc1ccc(Cl)cc1-c1[c]cccc1. The third-order valence-electron chi connectivity index (χ3n) is 2.01. The Morgan fingerprint density at radius 3 is 2.71 bits per heavy atom. The van der Waals surface area contributed by atoms with Crippen molar-refractivity contribution in [3.8, 4) is 11.1 Å². The number of rotatable bonds is 1. The Bertz CT molecular complexity index is 437. The van der Waals surface area contributed by atoms with E-state index in [9.17, 15) is 0 Å². The van der Waals surface area contributed by atoms with Gasteiger partial charge in [0.15, 0.2) is 0 Å². The third kappa shape index (κ3) is 1.73. The maximum Gasteiger partial charge on any atom is 0.0413 e. The molecule has 1 radical (unpaired) electrons. The number of benzene rings is 2. The quantitative estimate of drug-likeness (QED) is 0.705. The van der Waals surface area contributed by atoms with Crippen LogP contribution in [-0.2, 0) is 0 Å². The van der Waals surface area contributed by atoms with Crippen LogP contribution in [0.3, 0.4) is 0 Å². The Labute approximate surface area is 88.1 Å². The van der Waals surface area contributed by atoms with Crippen molar-refractivity contribution < 1.29 is 0 Å². The fourth-order valence-electron chi connectivity index (χ4n) is 1.32. The van der Waals surface area contributed by atoms with Crippen LogP contribution in [0.2, 0.25) is 5.02 Å². The number of nitrogens with two attached hydrogens (primary N) is 1. The maximum absolute atomic E-state index is 5.90. The van der Waals surface area contributed by atoms with Gasteiger partial charge in [-0.05, 0) is 29.8 Å². The van der Waals surface area contributed by atoms with Crippen molar-refractivity contribution in [3.05, 3.63) is 53.6 Å². The Morgan fingerprint density at radius 2 is 2.00 bits per heavy atom. The highest BCUT2D eigenvalue weighted by Gasteiger charge is 2.02. The first-order valence-corrected chi connectivity index (χ1v) is 4.67. The topological polar surface area (TPSA) is 26.0 Å². The molecule has 0 aromatic heterocycles. The van der Waals surface area contributed by atoms with Crippen LogP contribution in [0.4, 0.5) is 5.69 Å². The average molecular weight is 203 g/mol. The molecule has 0 spiro atoms. The zero-order valence-corrected chi connectivity index (χ0v) is 8.25. The monoisotopic (exact) mass is 202 g/mol. The largest absolute Gasteiger partial charge is 0.398 e. The van der Waals surface area contributed by atoms with E-state index >= 15 is 0 Å². The summed E-state index contributed by atoms with van der Waals surface area (Å²) in [4.78, 5) is 0. The van der Waals surface area contributed by atoms with Gasteiger partial charge in [0.2, 0.25) is 0 Å². The van der Waals surface area contributed by atoms with Gasteiger partial charge in [0, 0.05) is 16.3 Å². The first kappa shape index (κ1) is 9.10. The fourth-order valence-corrected chi connectivity index (χ4v) is 1.49. The van der Waals surface area contributed by atoms with Gasteiger partial charge < -0.3 is 5.73 Å². The minimum atomic E-state index is 0.687. The van der Waals surface area contributed by atoms with Crippen LogP contribution in [0, 0.1) is 6.07 Å². The lowest BCUT2D eigenvalue weighted by atomic mass is 10.0. The van der Waals surface area contributed by atoms with E-state index in [0.717, 1.165) is 16.8 Å². The van der Waals surface area contributed by atoms with E-state index in [1.807, 2.05) is 30.3 Å². The second-order valence-electron chi connectivity index (χ2n) is 3.01. The summed E-state index contributed by atoms with van der Waals surface area (Å²) in [6.45, 7) is 0. The summed E-state index contributed by atoms with van der Waals surface area (Å²) < 4.78 is 0. The Kier molecular flexibility index (Phi) is 2.42. The van der Waals surface area contributed by atoms with Crippen molar-refractivity contribution in [2.24, 2.45) is 0 Å². The van der Waals surface area contributed by atoms with Gasteiger partial charge in [-0.1, -0.05) is 35.9 Å². The van der Waals surface area contributed by atoms with Crippen molar-refractivity contribution in [1.82, 2.24) is 0 Å². The van der Waals surface area contributed by atoms with E-state index in [1.54, 1.807) is 12.1 Å². The van der Waals surface area contributed by atoms with Crippen molar-refractivity contribution >= 4 is 17.3 Å². The Morgan fingerprint density at radius 1 is 1.14 bits per heavy atom. The van der Waals surface area contributed by atoms with Crippen molar-refractivity contribution in [1.29, 1.82) is 0 Å². The van der Waals surface area contributed by atoms with Crippen LogP contribution >= 0.6 is 11.6 Å². The summed E-state index contributed by atoms with van der Waals surface area (Å²) in [5, 5.41) is 0.687. The van der Waals surface area contributed by atoms with Crippen LogP contribution in [0.15, 0.2) is 42.5 Å². The molecule has 0 aliphatic rings. The molecule has 0 aliphatic heterocycles. The smallest absolute Gasteiger partial charge is 0.0413 e. The summed E-state index contributed by atoms with van der Waals surface area (Å²) in [5.41, 5.74) is 8.46. The zero-order chi connectivity index (χ0) is 9.97. The summed E-state index contributed by atoms with van der Waals surface area (Å²) in [6, 6.07) is 16.2. The molecule has 0 unspecified atom stereocenters. The molecule has 0 aliphatic carbocycles. The van der Waals surface area contributed by atoms with Crippen LogP contribution in [0.25, 0.3) is 11.1 Å². The van der Waals surface area contributed by atoms with E-state index in [4.69, 9.17) is 17.3 Å². The lowest BCUT2D eigenvalue weighted by molar-refractivity contribution is 1.60. The van der Waals surface area contributed by atoms with E-state index in [2.05, 4.69) is 6.07 Å². The van der Waals surface area contributed by atoms with Gasteiger partial charge in [-0.3, -0.25) is 0 Å². The number of nitrogen functional groups attached to an aromatic ring is 1. The van der Waals surface area contributed by atoms with Gasteiger partial charge in [-0.25, -0.2) is 0 Å². The average Bonchev–Trinajstić information content (AvgIpc) is 2.23. The molecular formula is C12H9ClN. The molecule has 2 rings (SSSR count). The maximum atomic E-state index is 5.90. The van der Waals surface area contributed by atoms with E-state index in [0.29, 0.717) is 5.02 Å². The lowest BCUT2D eigenvalue weighted by Crippen LogP contribution is -1.89. The number of halogens is 1. The van der Waals surface area contributed by atoms with Gasteiger partial charge in [-0.2, -0.15) is 0 Å². The van der Waals surface area contributed by atoms with Crippen molar-refractivity contribution in [3.63, 3.8) is 0 Å². The molecular weight excluding hydrogens is 194 g/mol. The molecule has 2 N–H and O–H groups in total. The van der Waals surface area contributed by atoms with Crippen LogP contribution in [0.1, 0.15) is 0 Å². The first-order valence-electron chi connectivity index (χ1n) is 4.29. The zero-order valence-electron chi connectivity index (χ0n) is 7.50. The molecule has 69 valence electrons. The van der Waals surface area contributed by atoms with Crippen LogP contribution in [0.5, 0.6) is 0 Å². The van der Waals surface area contributed by atoms with Gasteiger partial charge in [0.05, 0.1) is 0 Å². The molecule has 0 bridgehead atoms. The van der Waals surface area contributed by atoms with Crippen LogP contribution in [-0.4, -0.2) is 0 Å². The molecule has 0 saturated carbocycles. The van der Waals surface area contributed by atoms with Gasteiger partial charge in [-0.15, -0.1) is 0 Å². The first-order chi connectivity index (χ1) is 6.77. The van der Waals surface area contributed by atoms with Crippen molar-refractivity contribution in [2.75, 3.05) is 5.73 Å². The van der Waals surface area contributed by atoms with E-state index in [-0.39, 0.29) is 0 Å². The van der Waals surface area contributed by atoms with Gasteiger partial charge in [0.1, 0.15) is 0 Å². The normalized spacial score (nSPS) is 10.1. The molecule has 2 heteroatoms. The molecule has 0 amide bonds.